The molecule has 0 aromatic heterocycles. The van der Waals surface area contributed by atoms with E-state index in [1.807, 2.05) is 12.2 Å². The fraction of sp³-hybridized carbons (Fsp3) is 0.864. The SMILES string of the molecule is CCCCCCCC/C=C/C/C=C/CCC(=O)OC(COC(=O)CCCCCCCCCCCCCCCCCC)CO[C@H]1O[C@@H](CO)[C@@H](O)C(O)C1O. The molecule has 54 heavy (non-hydrogen) atoms. The Balaban J connectivity index is 2.36. The summed E-state index contributed by atoms with van der Waals surface area (Å²) in [5.41, 5.74) is 0. The minimum Gasteiger partial charge on any atom is -0.462 e. The van der Waals surface area contributed by atoms with Crippen LogP contribution < -0.4 is 0 Å². The van der Waals surface area contributed by atoms with Crippen molar-refractivity contribution >= 4 is 11.9 Å². The maximum atomic E-state index is 12.7. The highest BCUT2D eigenvalue weighted by Crippen LogP contribution is 2.22. The van der Waals surface area contributed by atoms with Crippen molar-refractivity contribution in [3.8, 4) is 0 Å². The number of unbranched alkanes of at least 4 members (excludes halogenated alkanes) is 21. The highest BCUT2D eigenvalue weighted by molar-refractivity contribution is 5.70. The first-order valence-corrected chi connectivity index (χ1v) is 21.9. The Kier molecular flexibility index (Phi) is 33.1. The van der Waals surface area contributed by atoms with Crippen LogP contribution in [0.1, 0.15) is 187 Å². The van der Waals surface area contributed by atoms with E-state index in [1.54, 1.807) is 0 Å². The van der Waals surface area contributed by atoms with Gasteiger partial charge in [-0.1, -0.05) is 167 Å². The first-order chi connectivity index (χ1) is 26.3. The van der Waals surface area contributed by atoms with Crippen molar-refractivity contribution in [2.45, 2.75) is 224 Å². The number of allylic oxidation sites excluding steroid dienone is 4. The molecule has 4 N–H and O–H groups in total. The summed E-state index contributed by atoms with van der Waals surface area (Å²) in [6.45, 7) is 3.36. The molecule has 0 aliphatic carbocycles. The summed E-state index contributed by atoms with van der Waals surface area (Å²) in [6.07, 6.45) is 30.6. The third-order valence-corrected chi connectivity index (χ3v) is 10.1. The predicted octanol–water partition coefficient (Wildman–Crippen LogP) is 8.94. The topological polar surface area (TPSA) is 152 Å². The molecule has 6 atom stereocenters. The Morgan fingerprint density at radius 1 is 0.574 bits per heavy atom. The lowest BCUT2D eigenvalue weighted by molar-refractivity contribution is -0.305. The van der Waals surface area contributed by atoms with Crippen LogP contribution in [0.3, 0.4) is 0 Å². The van der Waals surface area contributed by atoms with E-state index in [1.165, 1.54) is 122 Å². The third-order valence-electron chi connectivity index (χ3n) is 10.1. The second kappa shape index (κ2) is 35.6. The number of rotatable bonds is 36. The van der Waals surface area contributed by atoms with E-state index < -0.39 is 49.4 Å². The molecule has 1 aliphatic rings. The molecular formula is C44H80O10. The second-order valence-electron chi connectivity index (χ2n) is 15.2. The van der Waals surface area contributed by atoms with Crippen molar-refractivity contribution in [2.24, 2.45) is 0 Å². The predicted molar refractivity (Wildman–Crippen MR) is 215 cm³/mol. The summed E-state index contributed by atoms with van der Waals surface area (Å²) in [4.78, 5) is 25.2. The van der Waals surface area contributed by atoms with Crippen molar-refractivity contribution in [3.05, 3.63) is 24.3 Å². The van der Waals surface area contributed by atoms with Gasteiger partial charge in [0.05, 0.1) is 13.2 Å². The molecule has 0 bridgehead atoms. The summed E-state index contributed by atoms with van der Waals surface area (Å²) in [6, 6.07) is 0. The van der Waals surface area contributed by atoms with E-state index in [9.17, 15) is 30.0 Å². The molecule has 1 aliphatic heterocycles. The van der Waals surface area contributed by atoms with Crippen LogP contribution in [0, 0.1) is 0 Å². The van der Waals surface area contributed by atoms with Gasteiger partial charge in [0.15, 0.2) is 12.4 Å². The Hall–Kier alpha value is -1.82. The van der Waals surface area contributed by atoms with Gasteiger partial charge in [-0.2, -0.15) is 0 Å². The quantitative estimate of drug-likeness (QED) is 0.0276. The molecule has 1 rings (SSSR count). The number of esters is 2. The van der Waals surface area contributed by atoms with Crippen molar-refractivity contribution in [3.63, 3.8) is 0 Å². The lowest BCUT2D eigenvalue weighted by atomic mass is 9.99. The van der Waals surface area contributed by atoms with Gasteiger partial charge in [0.25, 0.3) is 0 Å². The fourth-order valence-electron chi connectivity index (χ4n) is 6.59. The minimum atomic E-state index is -1.60. The standard InChI is InChI=1S/C44H80O10/c1-3-5-7-9-11-13-15-17-18-19-21-22-24-26-28-30-32-39(46)51-35-37(36-52-44-43(50)42(49)41(48)38(34-45)54-44)53-40(47)33-31-29-27-25-23-20-16-14-12-10-8-6-4-2/h20,23,27,29,37-38,41-45,48-50H,3-19,21-22,24-26,28,30-36H2,1-2H3/b23-20+,29-27+/t37?,38-,41+,42?,43?,44-/m0/s1. The summed E-state index contributed by atoms with van der Waals surface area (Å²) in [5, 5.41) is 40.0. The zero-order valence-corrected chi connectivity index (χ0v) is 34.2. The second-order valence-corrected chi connectivity index (χ2v) is 15.2. The molecule has 0 amide bonds. The number of aliphatic hydroxyl groups is 4. The van der Waals surface area contributed by atoms with Crippen molar-refractivity contribution in [1.29, 1.82) is 0 Å². The van der Waals surface area contributed by atoms with Crippen LogP contribution in [0.5, 0.6) is 0 Å². The highest BCUT2D eigenvalue weighted by Gasteiger charge is 2.44. The van der Waals surface area contributed by atoms with E-state index in [2.05, 4.69) is 26.0 Å². The Labute approximate surface area is 328 Å². The molecule has 3 unspecified atom stereocenters. The normalized spacial score (nSPS) is 20.9. The number of ether oxygens (including phenoxy) is 4. The van der Waals surface area contributed by atoms with Gasteiger partial charge in [-0.15, -0.1) is 0 Å². The number of carbonyl (C=O) groups excluding carboxylic acids is 2. The largest absolute Gasteiger partial charge is 0.462 e. The summed E-state index contributed by atoms with van der Waals surface area (Å²) in [7, 11) is 0. The van der Waals surface area contributed by atoms with Gasteiger partial charge in [0, 0.05) is 12.8 Å². The van der Waals surface area contributed by atoms with E-state index in [0.717, 1.165) is 32.1 Å². The Bertz CT molecular complexity index is 938. The van der Waals surface area contributed by atoms with Gasteiger partial charge in [0.1, 0.15) is 31.0 Å². The molecular weight excluding hydrogens is 688 g/mol. The molecule has 10 heteroatoms. The van der Waals surface area contributed by atoms with E-state index in [4.69, 9.17) is 18.9 Å². The van der Waals surface area contributed by atoms with E-state index in [0.29, 0.717) is 6.42 Å². The van der Waals surface area contributed by atoms with Gasteiger partial charge < -0.3 is 39.4 Å². The third kappa shape index (κ3) is 26.9. The first-order valence-electron chi connectivity index (χ1n) is 21.9. The molecule has 0 radical (unpaired) electrons. The minimum absolute atomic E-state index is 0.127. The van der Waals surface area contributed by atoms with Crippen LogP contribution in [0.2, 0.25) is 0 Å². The van der Waals surface area contributed by atoms with Crippen LogP contribution in [0.15, 0.2) is 24.3 Å². The smallest absolute Gasteiger partial charge is 0.306 e. The average Bonchev–Trinajstić information content (AvgIpc) is 3.17. The molecule has 1 saturated heterocycles. The average molecular weight is 769 g/mol. The van der Waals surface area contributed by atoms with Crippen molar-refractivity contribution < 1.29 is 49.0 Å². The molecule has 1 fully saturated rings. The van der Waals surface area contributed by atoms with Crippen LogP contribution in [0.25, 0.3) is 0 Å². The molecule has 0 spiro atoms. The molecule has 1 heterocycles. The lowest BCUT2D eigenvalue weighted by Crippen LogP contribution is -2.59. The van der Waals surface area contributed by atoms with E-state index >= 15 is 0 Å². The van der Waals surface area contributed by atoms with Crippen molar-refractivity contribution in [1.82, 2.24) is 0 Å². The zero-order chi connectivity index (χ0) is 39.5. The van der Waals surface area contributed by atoms with Gasteiger partial charge in [0.2, 0.25) is 0 Å². The molecule has 316 valence electrons. The maximum absolute atomic E-state index is 12.7. The zero-order valence-electron chi connectivity index (χ0n) is 34.2. The monoisotopic (exact) mass is 769 g/mol. The fourth-order valence-corrected chi connectivity index (χ4v) is 6.59. The number of hydrogen-bond acceptors (Lipinski definition) is 10. The van der Waals surface area contributed by atoms with Crippen LogP contribution in [0.4, 0.5) is 0 Å². The molecule has 0 aromatic carbocycles. The number of aliphatic hydroxyl groups excluding tert-OH is 4. The summed E-state index contributed by atoms with van der Waals surface area (Å²) < 4.78 is 22.1. The van der Waals surface area contributed by atoms with Crippen LogP contribution in [-0.4, -0.2) is 89.0 Å². The maximum Gasteiger partial charge on any atom is 0.306 e. The Morgan fingerprint density at radius 2 is 1.07 bits per heavy atom. The van der Waals surface area contributed by atoms with Crippen molar-refractivity contribution in [2.75, 3.05) is 19.8 Å². The van der Waals surface area contributed by atoms with Gasteiger partial charge >= 0.3 is 11.9 Å². The highest BCUT2D eigenvalue weighted by atomic mass is 16.7. The molecule has 0 aromatic rings. The van der Waals surface area contributed by atoms with Crippen LogP contribution in [-0.2, 0) is 28.5 Å². The first kappa shape index (κ1) is 50.2. The number of hydrogen-bond donors (Lipinski definition) is 4. The van der Waals surface area contributed by atoms with Gasteiger partial charge in [-0.3, -0.25) is 9.59 Å². The molecule has 0 saturated carbocycles. The summed E-state index contributed by atoms with van der Waals surface area (Å²) >= 11 is 0. The lowest BCUT2D eigenvalue weighted by Gasteiger charge is -2.39. The van der Waals surface area contributed by atoms with Gasteiger partial charge in [-0.05, 0) is 32.1 Å². The summed E-state index contributed by atoms with van der Waals surface area (Å²) in [5.74, 6) is -0.878. The molecule has 10 nitrogen and oxygen atoms in total. The Morgan fingerprint density at radius 3 is 1.61 bits per heavy atom. The van der Waals surface area contributed by atoms with Gasteiger partial charge in [-0.25, -0.2) is 0 Å². The van der Waals surface area contributed by atoms with Crippen LogP contribution >= 0.6 is 0 Å². The van der Waals surface area contributed by atoms with E-state index in [-0.39, 0.29) is 32.0 Å². The number of carbonyl (C=O) groups is 2.